The zero-order valence-corrected chi connectivity index (χ0v) is 11.6. The van der Waals surface area contributed by atoms with Gasteiger partial charge >= 0.3 is 0 Å². The molecule has 18 heavy (non-hydrogen) atoms. The third-order valence-corrected chi connectivity index (χ3v) is 4.29. The van der Waals surface area contributed by atoms with Crippen molar-refractivity contribution in [2.45, 2.75) is 58.2 Å². The highest BCUT2D eigenvalue weighted by Crippen LogP contribution is 2.30. The monoisotopic (exact) mass is 249 g/mol. The van der Waals surface area contributed by atoms with Gasteiger partial charge in [-0.15, -0.1) is 0 Å². The van der Waals surface area contributed by atoms with E-state index in [1.807, 2.05) is 13.8 Å². The van der Waals surface area contributed by atoms with Crippen LogP contribution in [0.3, 0.4) is 0 Å². The predicted molar refractivity (Wildman–Crippen MR) is 70.5 cm³/mol. The van der Waals surface area contributed by atoms with Gasteiger partial charge in [-0.25, -0.2) is 0 Å². The van der Waals surface area contributed by atoms with Gasteiger partial charge in [-0.2, -0.15) is 0 Å². The molecule has 4 nitrogen and oxygen atoms in total. The van der Waals surface area contributed by atoms with Crippen LogP contribution in [0.2, 0.25) is 0 Å². The molecule has 100 valence electrons. The number of rotatable bonds is 4. The second-order valence-electron chi connectivity index (χ2n) is 5.84. The first-order valence-corrected chi connectivity index (χ1v) is 7.08. The van der Waals surface area contributed by atoms with Crippen molar-refractivity contribution in [1.82, 2.24) is 15.4 Å². The van der Waals surface area contributed by atoms with E-state index in [9.17, 15) is 0 Å². The second kappa shape index (κ2) is 4.67. The molecular weight excluding hydrogens is 226 g/mol. The second-order valence-corrected chi connectivity index (χ2v) is 5.84. The highest BCUT2D eigenvalue weighted by molar-refractivity contribution is 5.24. The molecule has 1 aromatic rings. The smallest absolute Gasteiger partial charge is 0.138 e. The van der Waals surface area contributed by atoms with Crippen molar-refractivity contribution in [3.63, 3.8) is 0 Å². The van der Waals surface area contributed by atoms with Gasteiger partial charge in [-0.3, -0.25) is 4.90 Å². The van der Waals surface area contributed by atoms with E-state index in [2.05, 4.69) is 22.3 Å². The Hall–Kier alpha value is -0.870. The van der Waals surface area contributed by atoms with Crippen molar-refractivity contribution in [3.05, 3.63) is 17.0 Å². The molecule has 1 N–H and O–H groups in total. The fourth-order valence-corrected chi connectivity index (χ4v) is 3.24. The fraction of sp³-hybridized carbons (Fsp3) is 0.786. The lowest BCUT2D eigenvalue weighted by molar-refractivity contribution is 0.313. The Morgan fingerprint density at radius 1 is 1.33 bits per heavy atom. The van der Waals surface area contributed by atoms with Crippen molar-refractivity contribution in [3.8, 4) is 0 Å². The van der Waals surface area contributed by atoms with Crippen molar-refractivity contribution < 1.29 is 4.52 Å². The summed E-state index contributed by atoms with van der Waals surface area (Å²) in [6.07, 6.45) is 4.09. The molecule has 4 heteroatoms. The molecule has 1 aliphatic carbocycles. The van der Waals surface area contributed by atoms with Crippen molar-refractivity contribution in [2.24, 2.45) is 0 Å². The van der Waals surface area contributed by atoms with Gasteiger partial charge in [0.1, 0.15) is 5.76 Å². The maximum atomic E-state index is 5.25. The fourth-order valence-electron chi connectivity index (χ4n) is 3.24. The summed E-state index contributed by atoms with van der Waals surface area (Å²) in [5.41, 5.74) is 2.25. The number of hydrogen-bond acceptors (Lipinski definition) is 4. The summed E-state index contributed by atoms with van der Waals surface area (Å²) < 4.78 is 5.25. The Morgan fingerprint density at radius 2 is 2.11 bits per heavy atom. The summed E-state index contributed by atoms with van der Waals surface area (Å²) in [7, 11) is 0. The van der Waals surface area contributed by atoms with Gasteiger partial charge in [-0.05, 0) is 40.0 Å². The predicted octanol–water partition coefficient (Wildman–Crippen LogP) is 2.18. The molecule has 2 atom stereocenters. The maximum Gasteiger partial charge on any atom is 0.138 e. The minimum Gasteiger partial charge on any atom is -0.361 e. The van der Waals surface area contributed by atoms with Crippen LogP contribution in [0.5, 0.6) is 0 Å². The lowest BCUT2D eigenvalue weighted by Crippen LogP contribution is -2.35. The van der Waals surface area contributed by atoms with E-state index in [-0.39, 0.29) is 0 Å². The first-order valence-electron chi connectivity index (χ1n) is 7.08. The molecule has 2 fully saturated rings. The Kier molecular flexibility index (Phi) is 3.16. The van der Waals surface area contributed by atoms with Gasteiger partial charge in [0.2, 0.25) is 0 Å². The number of aryl methyl sites for hydroxylation is 2. The number of hydrogen-bond donors (Lipinski definition) is 1. The summed E-state index contributed by atoms with van der Waals surface area (Å²) >= 11 is 0. The van der Waals surface area contributed by atoms with E-state index >= 15 is 0 Å². The molecule has 1 saturated carbocycles. The Bertz CT molecular complexity index is 405. The summed E-state index contributed by atoms with van der Waals surface area (Å²) in [6, 6.07) is 1.85. The lowest BCUT2D eigenvalue weighted by atomic mass is 10.1. The molecule has 0 amide bonds. The van der Waals surface area contributed by atoms with Crippen LogP contribution in [0.1, 0.15) is 49.2 Å². The zero-order chi connectivity index (χ0) is 12.7. The topological polar surface area (TPSA) is 41.3 Å². The van der Waals surface area contributed by atoms with E-state index < -0.39 is 0 Å². The van der Waals surface area contributed by atoms with E-state index in [0.29, 0.717) is 12.1 Å². The molecule has 1 saturated heterocycles. The number of aromatic nitrogens is 1. The SMILES string of the molecule is Cc1noc(C)c1C(C)NC1CCN(C2CC2)C1. The van der Waals surface area contributed by atoms with E-state index in [0.717, 1.165) is 17.5 Å². The van der Waals surface area contributed by atoms with Gasteiger partial charge in [0.15, 0.2) is 0 Å². The molecule has 1 aliphatic heterocycles. The van der Waals surface area contributed by atoms with Crippen LogP contribution in [0.25, 0.3) is 0 Å². The van der Waals surface area contributed by atoms with E-state index in [1.165, 1.54) is 37.9 Å². The first kappa shape index (κ1) is 12.2. The van der Waals surface area contributed by atoms with Gasteiger partial charge in [0.05, 0.1) is 5.69 Å². The molecule has 2 aliphatic rings. The van der Waals surface area contributed by atoms with Crippen molar-refractivity contribution in [1.29, 1.82) is 0 Å². The average Bonchev–Trinajstić information content (AvgIpc) is 2.99. The number of nitrogens with one attached hydrogen (secondary N) is 1. The molecule has 0 bridgehead atoms. The lowest BCUT2D eigenvalue weighted by Gasteiger charge is -2.20. The quantitative estimate of drug-likeness (QED) is 0.888. The van der Waals surface area contributed by atoms with Crippen LogP contribution < -0.4 is 5.32 Å². The van der Waals surface area contributed by atoms with Gasteiger partial charge in [0, 0.05) is 36.8 Å². The molecule has 3 rings (SSSR count). The Morgan fingerprint density at radius 3 is 2.72 bits per heavy atom. The summed E-state index contributed by atoms with van der Waals surface area (Å²) in [5.74, 6) is 0.949. The minimum atomic E-state index is 0.334. The maximum absolute atomic E-state index is 5.25. The molecule has 0 spiro atoms. The van der Waals surface area contributed by atoms with Gasteiger partial charge < -0.3 is 9.84 Å². The molecule has 2 unspecified atom stereocenters. The van der Waals surface area contributed by atoms with Gasteiger partial charge in [-0.1, -0.05) is 5.16 Å². The van der Waals surface area contributed by atoms with E-state index in [1.54, 1.807) is 0 Å². The van der Waals surface area contributed by atoms with Crippen LogP contribution in [-0.2, 0) is 0 Å². The largest absolute Gasteiger partial charge is 0.361 e. The van der Waals surface area contributed by atoms with Crippen LogP contribution in [0, 0.1) is 13.8 Å². The highest BCUT2D eigenvalue weighted by Gasteiger charge is 2.34. The van der Waals surface area contributed by atoms with Crippen LogP contribution in [0.15, 0.2) is 4.52 Å². The normalized spacial score (nSPS) is 26.7. The Balaban J connectivity index is 1.59. The third kappa shape index (κ3) is 2.31. The Labute approximate surface area is 109 Å². The van der Waals surface area contributed by atoms with Crippen molar-refractivity contribution >= 4 is 0 Å². The van der Waals surface area contributed by atoms with Gasteiger partial charge in [0.25, 0.3) is 0 Å². The van der Waals surface area contributed by atoms with E-state index in [4.69, 9.17) is 4.52 Å². The van der Waals surface area contributed by atoms with Crippen molar-refractivity contribution in [2.75, 3.05) is 13.1 Å². The molecular formula is C14H23N3O. The number of likely N-dealkylation sites (tertiary alicyclic amines) is 1. The third-order valence-electron chi connectivity index (χ3n) is 4.29. The highest BCUT2D eigenvalue weighted by atomic mass is 16.5. The van der Waals surface area contributed by atoms with Crippen LogP contribution >= 0.6 is 0 Å². The summed E-state index contributed by atoms with van der Waals surface area (Å²) in [6.45, 7) is 8.70. The molecule has 2 heterocycles. The molecule has 0 aromatic carbocycles. The molecule has 1 aromatic heterocycles. The average molecular weight is 249 g/mol. The summed E-state index contributed by atoms with van der Waals surface area (Å²) in [4.78, 5) is 2.64. The minimum absolute atomic E-state index is 0.334. The summed E-state index contributed by atoms with van der Waals surface area (Å²) in [5, 5.41) is 7.77. The molecule has 0 radical (unpaired) electrons. The van der Waals surface area contributed by atoms with Crippen LogP contribution in [0.4, 0.5) is 0 Å². The first-order chi connectivity index (χ1) is 8.65. The number of nitrogens with zero attached hydrogens (tertiary/aromatic N) is 2. The zero-order valence-electron chi connectivity index (χ0n) is 11.6. The standard InChI is InChI=1S/C14H23N3O/c1-9(14-10(2)16-18-11(14)3)15-12-6-7-17(8-12)13-4-5-13/h9,12-13,15H,4-8H2,1-3H3. The van der Waals surface area contributed by atoms with Crippen LogP contribution in [-0.4, -0.2) is 35.2 Å².